The predicted molar refractivity (Wildman–Crippen MR) is 104 cm³/mol. The quantitative estimate of drug-likeness (QED) is 0.492. The fourth-order valence-electron chi connectivity index (χ4n) is 2.52. The second-order valence-electron chi connectivity index (χ2n) is 5.63. The first-order chi connectivity index (χ1) is 12.5. The molecule has 1 heterocycles. The van der Waals surface area contributed by atoms with Crippen molar-refractivity contribution in [3.05, 3.63) is 77.3 Å². The van der Waals surface area contributed by atoms with Crippen LogP contribution in [0.15, 0.2) is 86.6 Å². The highest BCUT2D eigenvalue weighted by Gasteiger charge is 2.15. The van der Waals surface area contributed by atoms with E-state index in [0.717, 1.165) is 10.0 Å². The number of oxazole rings is 1. The number of fused-ring (bicyclic) bond motifs is 1. The van der Waals surface area contributed by atoms with Gasteiger partial charge in [-0.25, -0.2) is 13.4 Å². The summed E-state index contributed by atoms with van der Waals surface area (Å²) < 4.78 is 34.2. The normalized spacial score (nSPS) is 11.6. The Hall–Kier alpha value is -2.64. The second-order valence-corrected chi connectivity index (χ2v) is 8.23. The lowest BCUT2D eigenvalue weighted by atomic mass is 10.2. The first-order valence-electron chi connectivity index (χ1n) is 7.76. The zero-order chi connectivity index (χ0) is 18.1. The highest BCUT2D eigenvalue weighted by molar-refractivity contribution is 9.10. The molecule has 4 rings (SSSR count). The SMILES string of the molecule is O=S(=O)(Nc1ccc2oc(-c3ccc(Br)cc3)nc2c1)c1ccccc1. The van der Waals surface area contributed by atoms with Crippen molar-refractivity contribution < 1.29 is 12.8 Å². The molecule has 0 aliphatic heterocycles. The molecule has 3 aromatic carbocycles. The maximum atomic E-state index is 12.4. The fourth-order valence-corrected chi connectivity index (χ4v) is 3.86. The molecule has 0 saturated heterocycles. The Kier molecular flexibility index (Phi) is 4.26. The fraction of sp³-hybridized carbons (Fsp3) is 0. The third-order valence-corrected chi connectivity index (χ3v) is 5.71. The second kappa shape index (κ2) is 6.59. The van der Waals surface area contributed by atoms with Crippen LogP contribution in [-0.2, 0) is 10.0 Å². The zero-order valence-electron chi connectivity index (χ0n) is 13.4. The van der Waals surface area contributed by atoms with Crippen molar-refractivity contribution in [2.24, 2.45) is 0 Å². The number of hydrogen-bond donors (Lipinski definition) is 1. The highest BCUT2D eigenvalue weighted by Crippen LogP contribution is 2.28. The third kappa shape index (κ3) is 3.36. The smallest absolute Gasteiger partial charge is 0.261 e. The number of anilines is 1. The maximum Gasteiger partial charge on any atom is 0.261 e. The van der Waals surface area contributed by atoms with Gasteiger partial charge in [0.15, 0.2) is 5.58 Å². The summed E-state index contributed by atoms with van der Waals surface area (Å²) in [7, 11) is -3.65. The molecular formula is C19H13BrN2O3S. The van der Waals surface area contributed by atoms with Crippen LogP contribution < -0.4 is 4.72 Å². The standard InChI is InChI=1S/C19H13BrN2O3S/c20-14-8-6-13(7-9-14)19-21-17-12-15(10-11-18(17)25-19)22-26(23,24)16-4-2-1-3-5-16/h1-12,22H. The van der Waals surface area contributed by atoms with Crippen LogP contribution in [0, 0.1) is 0 Å². The van der Waals surface area contributed by atoms with E-state index in [0.29, 0.717) is 22.7 Å². The Labute approximate surface area is 158 Å². The van der Waals surface area contributed by atoms with Crippen LogP contribution >= 0.6 is 15.9 Å². The predicted octanol–water partition coefficient (Wildman–Crippen LogP) is 5.06. The van der Waals surface area contributed by atoms with Gasteiger partial charge >= 0.3 is 0 Å². The molecule has 5 nitrogen and oxygen atoms in total. The number of nitrogens with zero attached hydrogens (tertiary/aromatic N) is 1. The van der Waals surface area contributed by atoms with Crippen LogP contribution in [0.1, 0.15) is 0 Å². The van der Waals surface area contributed by atoms with Crippen molar-refractivity contribution in [1.82, 2.24) is 4.98 Å². The van der Waals surface area contributed by atoms with E-state index >= 15 is 0 Å². The number of rotatable bonds is 4. The van der Waals surface area contributed by atoms with Crippen LogP contribution in [0.3, 0.4) is 0 Å². The van der Waals surface area contributed by atoms with Crippen LogP contribution in [-0.4, -0.2) is 13.4 Å². The molecule has 4 aromatic rings. The van der Waals surface area contributed by atoms with Crippen molar-refractivity contribution in [3.8, 4) is 11.5 Å². The summed E-state index contributed by atoms with van der Waals surface area (Å²) in [6, 6.07) is 20.8. The highest BCUT2D eigenvalue weighted by atomic mass is 79.9. The van der Waals surface area contributed by atoms with Gasteiger partial charge in [-0.15, -0.1) is 0 Å². The first kappa shape index (κ1) is 16.8. The van der Waals surface area contributed by atoms with Gasteiger partial charge in [-0.3, -0.25) is 4.72 Å². The number of hydrogen-bond acceptors (Lipinski definition) is 4. The number of sulfonamides is 1. The van der Waals surface area contributed by atoms with E-state index in [1.165, 1.54) is 0 Å². The van der Waals surface area contributed by atoms with Gasteiger partial charge in [0.25, 0.3) is 10.0 Å². The molecule has 7 heteroatoms. The molecule has 0 saturated carbocycles. The molecule has 0 aliphatic carbocycles. The molecule has 0 unspecified atom stereocenters. The number of halogens is 1. The van der Waals surface area contributed by atoms with Gasteiger partial charge in [0, 0.05) is 10.0 Å². The topological polar surface area (TPSA) is 72.2 Å². The Balaban J connectivity index is 1.67. The van der Waals surface area contributed by atoms with E-state index in [4.69, 9.17) is 4.42 Å². The molecule has 0 fully saturated rings. The van der Waals surface area contributed by atoms with Crippen molar-refractivity contribution in [3.63, 3.8) is 0 Å². The summed E-state index contributed by atoms with van der Waals surface area (Å²) in [6.45, 7) is 0. The number of nitrogens with one attached hydrogen (secondary N) is 1. The van der Waals surface area contributed by atoms with Crippen molar-refractivity contribution in [2.75, 3.05) is 4.72 Å². The van der Waals surface area contributed by atoms with Crippen LogP contribution in [0.5, 0.6) is 0 Å². The van der Waals surface area contributed by atoms with Crippen LogP contribution in [0.2, 0.25) is 0 Å². The van der Waals surface area contributed by atoms with Crippen molar-refractivity contribution in [2.45, 2.75) is 4.90 Å². The average molecular weight is 429 g/mol. The zero-order valence-corrected chi connectivity index (χ0v) is 15.8. The summed E-state index contributed by atoms with van der Waals surface area (Å²) >= 11 is 3.39. The van der Waals surface area contributed by atoms with Gasteiger partial charge in [0.05, 0.1) is 10.6 Å². The minimum Gasteiger partial charge on any atom is -0.436 e. The van der Waals surface area contributed by atoms with Gasteiger partial charge in [-0.05, 0) is 54.6 Å². The Morgan fingerprint density at radius 1 is 0.923 bits per heavy atom. The third-order valence-electron chi connectivity index (χ3n) is 3.78. The minimum absolute atomic E-state index is 0.204. The van der Waals surface area contributed by atoms with E-state index in [2.05, 4.69) is 25.6 Å². The van der Waals surface area contributed by atoms with Gasteiger partial charge in [0.1, 0.15) is 5.52 Å². The summed E-state index contributed by atoms with van der Waals surface area (Å²) in [5.41, 5.74) is 2.44. The van der Waals surface area contributed by atoms with E-state index in [1.54, 1.807) is 48.5 Å². The molecule has 0 bridgehead atoms. The number of benzene rings is 3. The lowest BCUT2D eigenvalue weighted by Gasteiger charge is -2.07. The summed E-state index contributed by atoms with van der Waals surface area (Å²) in [6.07, 6.45) is 0. The monoisotopic (exact) mass is 428 g/mol. The molecule has 1 N–H and O–H groups in total. The Morgan fingerprint density at radius 3 is 2.38 bits per heavy atom. The van der Waals surface area contributed by atoms with E-state index in [9.17, 15) is 8.42 Å². The summed E-state index contributed by atoms with van der Waals surface area (Å²) in [4.78, 5) is 4.66. The van der Waals surface area contributed by atoms with E-state index in [1.807, 2.05) is 24.3 Å². The van der Waals surface area contributed by atoms with Crippen molar-refractivity contribution >= 4 is 42.7 Å². The average Bonchev–Trinajstić information content (AvgIpc) is 3.06. The summed E-state index contributed by atoms with van der Waals surface area (Å²) in [5.74, 6) is 0.482. The Morgan fingerprint density at radius 2 is 1.65 bits per heavy atom. The molecule has 130 valence electrons. The minimum atomic E-state index is -3.65. The van der Waals surface area contributed by atoms with Gasteiger partial charge in [-0.1, -0.05) is 34.1 Å². The van der Waals surface area contributed by atoms with Gasteiger partial charge < -0.3 is 4.42 Å². The molecule has 0 atom stereocenters. The molecule has 26 heavy (non-hydrogen) atoms. The van der Waals surface area contributed by atoms with Crippen LogP contribution in [0.25, 0.3) is 22.6 Å². The van der Waals surface area contributed by atoms with Gasteiger partial charge in [0.2, 0.25) is 5.89 Å². The van der Waals surface area contributed by atoms with E-state index in [-0.39, 0.29) is 4.90 Å². The van der Waals surface area contributed by atoms with Crippen molar-refractivity contribution in [1.29, 1.82) is 0 Å². The summed E-state index contributed by atoms with van der Waals surface area (Å²) in [5, 5.41) is 0. The largest absolute Gasteiger partial charge is 0.436 e. The first-order valence-corrected chi connectivity index (χ1v) is 10.0. The molecule has 0 spiro atoms. The Bertz CT molecular complexity index is 1170. The molecular weight excluding hydrogens is 416 g/mol. The molecule has 0 amide bonds. The lowest BCUT2D eigenvalue weighted by Crippen LogP contribution is -2.12. The van der Waals surface area contributed by atoms with Crippen LogP contribution in [0.4, 0.5) is 5.69 Å². The van der Waals surface area contributed by atoms with E-state index < -0.39 is 10.0 Å². The molecule has 1 aromatic heterocycles. The molecule has 0 radical (unpaired) electrons. The number of aromatic nitrogens is 1. The molecule has 0 aliphatic rings. The van der Waals surface area contributed by atoms with Gasteiger partial charge in [-0.2, -0.15) is 0 Å². The lowest BCUT2D eigenvalue weighted by molar-refractivity contribution is 0.601. The maximum absolute atomic E-state index is 12.4.